The molecule has 1 saturated heterocycles. The fraction of sp³-hybridized carbons (Fsp3) is 0.600. The second-order valence-electron chi connectivity index (χ2n) is 5.52. The summed E-state index contributed by atoms with van der Waals surface area (Å²) in [6, 6.07) is 3.31. The second-order valence-corrected chi connectivity index (χ2v) is 6.68. The zero-order valence-electron chi connectivity index (χ0n) is 11.7. The van der Waals surface area contributed by atoms with Gasteiger partial charge in [-0.2, -0.15) is 0 Å². The molecule has 0 aliphatic carbocycles. The van der Waals surface area contributed by atoms with Gasteiger partial charge in [-0.15, -0.1) is 0 Å². The molecule has 0 bridgehead atoms. The monoisotopic (exact) mass is 376 g/mol. The van der Waals surface area contributed by atoms with Crippen molar-refractivity contribution in [2.45, 2.75) is 39.5 Å². The van der Waals surface area contributed by atoms with Crippen LogP contribution >= 0.6 is 22.6 Å². The molecular formula is C15H22FIN2. The van der Waals surface area contributed by atoms with Crippen LogP contribution in [-0.4, -0.2) is 13.1 Å². The van der Waals surface area contributed by atoms with Gasteiger partial charge in [0.25, 0.3) is 0 Å². The van der Waals surface area contributed by atoms with E-state index in [2.05, 4.69) is 18.7 Å². The standard InChI is InChI=1S/C15H22FIN2/c1-3-15(4-2)5-7-19(8-6-15)14-9-11(16)12(17)10-13(14)18/h9-10H,3-8,18H2,1-2H3. The largest absolute Gasteiger partial charge is 0.397 e. The molecule has 1 aliphatic heterocycles. The van der Waals surface area contributed by atoms with Gasteiger partial charge in [0.15, 0.2) is 0 Å². The lowest BCUT2D eigenvalue weighted by molar-refractivity contribution is 0.199. The number of piperidine rings is 1. The Morgan fingerprint density at radius 3 is 2.37 bits per heavy atom. The Balaban J connectivity index is 2.16. The predicted octanol–water partition coefficient (Wildman–Crippen LogP) is 4.42. The third-order valence-electron chi connectivity index (χ3n) is 4.73. The average Bonchev–Trinajstić information content (AvgIpc) is 2.43. The van der Waals surface area contributed by atoms with Crippen LogP contribution in [0.15, 0.2) is 12.1 Å². The highest BCUT2D eigenvalue weighted by molar-refractivity contribution is 14.1. The topological polar surface area (TPSA) is 29.3 Å². The molecule has 106 valence electrons. The zero-order valence-corrected chi connectivity index (χ0v) is 13.8. The summed E-state index contributed by atoms with van der Waals surface area (Å²) >= 11 is 1.98. The van der Waals surface area contributed by atoms with Crippen LogP contribution in [0.5, 0.6) is 0 Å². The first-order chi connectivity index (χ1) is 9.01. The highest BCUT2D eigenvalue weighted by atomic mass is 127. The molecule has 2 N–H and O–H groups in total. The Kier molecular flexibility index (Phi) is 4.58. The molecule has 0 atom stereocenters. The van der Waals surface area contributed by atoms with Crippen LogP contribution in [0.4, 0.5) is 15.8 Å². The molecule has 0 aromatic heterocycles. The van der Waals surface area contributed by atoms with Crippen LogP contribution in [0, 0.1) is 14.8 Å². The second kappa shape index (κ2) is 5.85. The number of halogens is 2. The van der Waals surface area contributed by atoms with Gasteiger partial charge in [-0.3, -0.25) is 0 Å². The summed E-state index contributed by atoms with van der Waals surface area (Å²) in [4.78, 5) is 2.23. The summed E-state index contributed by atoms with van der Waals surface area (Å²) in [5, 5.41) is 0. The summed E-state index contributed by atoms with van der Waals surface area (Å²) in [5.41, 5.74) is 8.07. The molecule has 0 amide bonds. The highest BCUT2D eigenvalue weighted by Crippen LogP contribution is 2.40. The van der Waals surface area contributed by atoms with Crippen molar-refractivity contribution in [1.82, 2.24) is 0 Å². The molecule has 1 heterocycles. The fourth-order valence-corrected chi connectivity index (χ4v) is 3.50. The van der Waals surface area contributed by atoms with Crippen molar-refractivity contribution in [2.75, 3.05) is 23.7 Å². The Morgan fingerprint density at radius 1 is 1.26 bits per heavy atom. The van der Waals surface area contributed by atoms with E-state index in [1.165, 1.54) is 25.7 Å². The van der Waals surface area contributed by atoms with Gasteiger partial charge < -0.3 is 10.6 Å². The summed E-state index contributed by atoms with van der Waals surface area (Å²) in [6.45, 7) is 6.51. The van der Waals surface area contributed by atoms with Crippen LogP contribution in [0.25, 0.3) is 0 Å². The van der Waals surface area contributed by atoms with E-state index in [1.807, 2.05) is 22.6 Å². The summed E-state index contributed by atoms with van der Waals surface area (Å²) in [7, 11) is 0. The van der Waals surface area contributed by atoms with Gasteiger partial charge in [-0.1, -0.05) is 26.7 Å². The molecule has 0 radical (unpaired) electrons. The van der Waals surface area contributed by atoms with Crippen molar-refractivity contribution >= 4 is 34.0 Å². The van der Waals surface area contributed by atoms with Gasteiger partial charge in [-0.25, -0.2) is 4.39 Å². The van der Waals surface area contributed by atoms with Crippen molar-refractivity contribution in [3.63, 3.8) is 0 Å². The first-order valence-corrected chi connectivity index (χ1v) is 8.08. The van der Waals surface area contributed by atoms with Crippen LogP contribution in [0.2, 0.25) is 0 Å². The maximum atomic E-state index is 13.7. The van der Waals surface area contributed by atoms with E-state index < -0.39 is 0 Å². The Bertz CT molecular complexity index is 448. The third-order valence-corrected chi connectivity index (χ3v) is 5.56. The molecule has 1 aliphatic rings. The number of anilines is 2. The minimum atomic E-state index is -0.174. The van der Waals surface area contributed by atoms with E-state index in [9.17, 15) is 4.39 Å². The Morgan fingerprint density at radius 2 is 1.84 bits per heavy atom. The van der Waals surface area contributed by atoms with E-state index in [-0.39, 0.29) is 5.82 Å². The Hall–Kier alpha value is -0.520. The zero-order chi connectivity index (χ0) is 14.0. The SMILES string of the molecule is CCC1(CC)CCN(c2cc(F)c(I)cc2N)CC1. The quantitative estimate of drug-likeness (QED) is 0.625. The average molecular weight is 376 g/mol. The van der Waals surface area contributed by atoms with Gasteiger partial charge in [0.05, 0.1) is 14.9 Å². The lowest BCUT2D eigenvalue weighted by Crippen LogP contribution is -2.40. The minimum absolute atomic E-state index is 0.174. The Labute approximate surface area is 128 Å². The van der Waals surface area contributed by atoms with Crippen molar-refractivity contribution in [3.05, 3.63) is 21.5 Å². The van der Waals surface area contributed by atoms with Gasteiger partial charge >= 0.3 is 0 Å². The molecule has 4 heteroatoms. The van der Waals surface area contributed by atoms with Crippen LogP contribution in [0.1, 0.15) is 39.5 Å². The van der Waals surface area contributed by atoms with Crippen LogP contribution < -0.4 is 10.6 Å². The molecule has 0 spiro atoms. The van der Waals surface area contributed by atoms with Gasteiger partial charge in [-0.05, 0) is 46.9 Å². The van der Waals surface area contributed by atoms with Crippen molar-refractivity contribution in [3.8, 4) is 0 Å². The summed E-state index contributed by atoms with van der Waals surface area (Å²) < 4.78 is 14.3. The molecule has 2 rings (SSSR count). The molecule has 1 fully saturated rings. The minimum Gasteiger partial charge on any atom is -0.397 e. The van der Waals surface area contributed by atoms with Crippen molar-refractivity contribution in [2.24, 2.45) is 5.41 Å². The number of nitrogen functional groups attached to an aromatic ring is 1. The van der Waals surface area contributed by atoms with E-state index in [1.54, 1.807) is 12.1 Å². The van der Waals surface area contributed by atoms with Crippen LogP contribution in [-0.2, 0) is 0 Å². The first kappa shape index (κ1) is 14.9. The first-order valence-electron chi connectivity index (χ1n) is 7.01. The van der Waals surface area contributed by atoms with E-state index >= 15 is 0 Å². The molecule has 19 heavy (non-hydrogen) atoms. The number of hydrogen-bond donors (Lipinski definition) is 1. The van der Waals surface area contributed by atoms with Crippen LogP contribution in [0.3, 0.4) is 0 Å². The number of nitrogens with two attached hydrogens (primary N) is 1. The van der Waals surface area contributed by atoms with Gasteiger partial charge in [0.2, 0.25) is 0 Å². The molecule has 1 aromatic rings. The fourth-order valence-electron chi connectivity index (χ4n) is 3.00. The van der Waals surface area contributed by atoms with E-state index in [4.69, 9.17) is 5.73 Å². The number of hydrogen-bond acceptors (Lipinski definition) is 2. The summed E-state index contributed by atoms with van der Waals surface area (Å²) in [5.74, 6) is -0.174. The molecule has 1 aromatic carbocycles. The van der Waals surface area contributed by atoms with Crippen molar-refractivity contribution < 1.29 is 4.39 Å². The molecule has 0 saturated carbocycles. The van der Waals surface area contributed by atoms with E-state index in [0.29, 0.717) is 14.7 Å². The third kappa shape index (κ3) is 2.98. The maximum Gasteiger partial charge on any atom is 0.138 e. The van der Waals surface area contributed by atoms with Crippen molar-refractivity contribution in [1.29, 1.82) is 0 Å². The van der Waals surface area contributed by atoms with Gasteiger partial charge in [0.1, 0.15) is 5.82 Å². The lowest BCUT2D eigenvalue weighted by Gasteiger charge is -2.42. The highest BCUT2D eigenvalue weighted by Gasteiger charge is 2.31. The number of benzene rings is 1. The molecule has 0 unspecified atom stereocenters. The predicted molar refractivity (Wildman–Crippen MR) is 88.0 cm³/mol. The summed E-state index contributed by atoms with van der Waals surface area (Å²) in [6.07, 6.45) is 4.81. The smallest absolute Gasteiger partial charge is 0.138 e. The normalized spacial score (nSPS) is 18.6. The van der Waals surface area contributed by atoms with Gasteiger partial charge in [0, 0.05) is 19.2 Å². The maximum absolute atomic E-state index is 13.7. The van der Waals surface area contributed by atoms with E-state index in [0.717, 1.165) is 18.8 Å². The molecule has 2 nitrogen and oxygen atoms in total. The lowest BCUT2D eigenvalue weighted by atomic mass is 9.74. The molecular weight excluding hydrogens is 354 g/mol. The number of nitrogens with zero attached hydrogens (tertiary/aromatic N) is 1. The number of rotatable bonds is 3.